The first kappa shape index (κ1) is 14.9. The van der Waals surface area contributed by atoms with E-state index in [0.29, 0.717) is 0 Å². The van der Waals surface area contributed by atoms with Crippen molar-refractivity contribution in [2.75, 3.05) is 19.8 Å². The van der Waals surface area contributed by atoms with Gasteiger partial charge in [0, 0.05) is 26.4 Å². The Morgan fingerprint density at radius 2 is 1.05 bits per heavy atom. The molecule has 3 atom stereocenters. The van der Waals surface area contributed by atoms with Gasteiger partial charge in [0.15, 0.2) is 18.9 Å². The molecular weight excluding hydrogens is 280 g/mol. The number of hydrogen-bond donors (Lipinski definition) is 0. The van der Waals surface area contributed by atoms with E-state index in [2.05, 4.69) is 0 Å². The zero-order chi connectivity index (χ0) is 13.8. The van der Waals surface area contributed by atoms with E-state index in [1.807, 2.05) is 6.55 Å². The number of ether oxygens (including phenoxy) is 3. The van der Waals surface area contributed by atoms with E-state index in [0.717, 1.165) is 58.3 Å². The summed E-state index contributed by atoms with van der Waals surface area (Å²) in [6.07, 6.45) is 5.11. The summed E-state index contributed by atoms with van der Waals surface area (Å²) in [5, 5.41) is 0. The number of rotatable bonds is 6. The van der Waals surface area contributed by atoms with Crippen LogP contribution in [0.1, 0.15) is 38.5 Å². The molecule has 3 fully saturated rings. The Balaban J connectivity index is 1.59. The van der Waals surface area contributed by atoms with Crippen molar-refractivity contribution in [1.29, 1.82) is 0 Å². The molecule has 3 aliphatic heterocycles. The second-order valence-electron chi connectivity index (χ2n) is 5.54. The molecule has 0 bridgehead atoms. The molecule has 3 unspecified atom stereocenters. The van der Waals surface area contributed by atoms with Gasteiger partial charge in [0.1, 0.15) is 0 Å². The molecule has 0 aliphatic carbocycles. The normalized spacial score (nSPS) is 37.4. The van der Waals surface area contributed by atoms with Crippen molar-refractivity contribution in [3.63, 3.8) is 0 Å². The third kappa shape index (κ3) is 4.00. The third-order valence-electron chi connectivity index (χ3n) is 3.70. The van der Waals surface area contributed by atoms with Crippen LogP contribution in [-0.4, -0.2) is 47.5 Å². The van der Waals surface area contributed by atoms with Crippen molar-refractivity contribution in [3.05, 3.63) is 0 Å². The first-order chi connectivity index (χ1) is 9.73. The lowest BCUT2D eigenvalue weighted by Crippen LogP contribution is -2.50. The average molecular weight is 304 g/mol. The lowest BCUT2D eigenvalue weighted by molar-refractivity contribution is -0.160. The van der Waals surface area contributed by atoms with Crippen molar-refractivity contribution < 1.29 is 27.5 Å². The van der Waals surface area contributed by atoms with Crippen LogP contribution in [0.25, 0.3) is 0 Å². The Morgan fingerprint density at radius 3 is 1.30 bits per heavy atom. The lowest BCUT2D eigenvalue weighted by atomic mass is 10.4. The van der Waals surface area contributed by atoms with Gasteiger partial charge in [-0.25, -0.2) is 0 Å². The Bertz CT molecular complexity index is 252. The highest BCUT2D eigenvalue weighted by Crippen LogP contribution is 2.28. The van der Waals surface area contributed by atoms with Crippen LogP contribution in [0.5, 0.6) is 0 Å². The van der Waals surface area contributed by atoms with Crippen LogP contribution in [0, 0.1) is 0 Å². The van der Waals surface area contributed by atoms with Gasteiger partial charge >= 0.3 is 8.80 Å². The largest absolute Gasteiger partial charge is 0.503 e. The molecule has 3 aliphatic rings. The van der Waals surface area contributed by atoms with Gasteiger partial charge < -0.3 is 27.5 Å². The smallest absolute Gasteiger partial charge is 0.354 e. The highest BCUT2D eigenvalue weighted by Gasteiger charge is 2.45. The minimum atomic E-state index is -2.82. The summed E-state index contributed by atoms with van der Waals surface area (Å²) >= 11 is 0. The Kier molecular flexibility index (Phi) is 5.08. The summed E-state index contributed by atoms with van der Waals surface area (Å²) in [6, 6.07) is 0. The van der Waals surface area contributed by atoms with Crippen molar-refractivity contribution in [3.8, 4) is 0 Å². The summed E-state index contributed by atoms with van der Waals surface area (Å²) in [4.78, 5) is 0. The standard InChI is InChI=1S/C13H24O6Si/c1-20(17-11-5-2-8-14-11,18-12-6-3-9-15-12)19-13-7-4-10-16-13/h11-13H,2-10H2,1H3. The Hall–Kier alpha value is -0.0231. The van der Waals surface area contributed by atoms with E-state index in [1.54, 1.807) is 0 Å². The third-order valence-corrected chi connectivity index (χ3v) is 5.77. The summed E-state index contributed by atoms with van der Waals surface area (Å²) in [5.74, 6) is 0. The van der Waals surface area contributed by atoms with E-state index in [4.69, 9.17) is 27.5 Å². The van der Waals surface area contributed by atoms with Crippen molar-refractivity contribution >= 4 is 8.80 Å². The summed E-state index contributed by atoms with van der Waals surface area (Å²) in [7, 11) is -2.82. The van der Waals surface area contributed by atoms with Crippen LogP contribution in [0.15, 0.2) is 0 Å². The van der Waals surface area contributed by atoms with Gasteiger partial charge in [0.2, 0.25) is 0 Å². The molecule has 0 aromatic carbocycles. The van der Waals surface area contributed by atoms with Gasteiger partial charge in [0.25, 0.3) is 0 Å². The van der Waals surface area contributed by atoms with E-state index >= 15 is 0 Å². The molecule has 0 aromatic rings. The van der Waals surface area contributed by atoms with E-state index in [1.165, 1.54) is 0 Å². The van der Waals surface area contributed by atoms with Crippen molar-refractivity contribution in [2.24, 2.45) is 0 Å². The van der Waals surface area contributed by atoms with E-state index in [-0.39, 0.29) is 18.9 Å². The Morgan fingerprint density at radius 1 is 0.700 bits per heavy atom. The molecule has 3 rings (SSSR count). The second-order valence-corrected chi connectivity index (χ2v) is 7.98. The average Bonchev–Trinajstić information content (AvgIpc) is 3.11. The number of hydrogen-bond acceptors (Lipinski definition) is 6. The van der Waals surface area contributed by atoms with Crippen LogP contribution in [0.3, 0.4) is 0 Å². The molecule has 6 nitrogen and oxygen atoms in total. The minimum Gasteiger partial charge on any atom is -0.354 e. The molecule has 0 N–H and O–H groups in total. The maximum Gasteiger partial charge on any atom is 0.503 e. The summed E-state index contributed by atoms with van der Waals surface area (Å²) in [5.41, 5.74) is 0. The van der Waals surface area contributed by atoms with Crippen LogP contribution in [-0.2, 0) is 27.5 Å². The molecule has 0 spiro atoms. The highest BCUT2D eigenvalue weighted by molar-refractivity contribution is 6.59. The maximum absolute atomic E-state index is 6.04. The van der Waals surface area contributed by atoms with Crippen LogP contribution in [0.2, 0.25) is 6.55 Å². The molecule has 116 valence electrons. The predicted molar refractivity (Wildman–Crippen MR) is 71.8 cm³/mol. The molecular formula is C13H24O6Si. The van der Waals surface area contributed by atoms with Crippen LogP contribution >= 0.6 is 0 Å². The highest BCUT2D eigenvalue weighted by atomic mass is 28.4. The van der Waals surface area contributed by atoms with Gasteiger partial charge in [-0.2, -0.15) is 0 Å². The lowest BCUT2D eigenvalue weighted by Gasteiger charge is -2.32. The molecule has 0 aromatic heterocycles. The molecule has 0 saturated carbocycles. The Labute approximate surface area is 121 Å². The van der Waals surface area contributed by atoms with Gasteiger partial charge in [-0.15, -0.1) is 0 Å². The minimum absolute atomic E-state index is 0.213. The van der Waals surface area contributed by atoms with E-state index in [9.17, 15) is 0 Å². The maximum atomic E-state index is 6.04. The van der Waals surface area contributed by atoms with Gasteiger partial charge in [-0.1, -0.05) is 0 Å². The van der Waals surface area contributed by atoms with Crippen LogP contribution in [0.4, 0.5) is 0 Å². The van der Waals surface area contributed by atoms with E-state index < -0.39 is 8.80 Å². The summed E-state index contributed by atoms with van der Waals surface area (Å²) < 4.78 is 34.8. The fourth-order valence-corrected chi connectivity index (χ4v) is 4.88. The van der Waals surface area contributed by atoms with Crippen molar-refractivity contribution in [2.45, 2.75) is 63.9 Å². The first-order valence-electron chi connectivity index (χ1n) is 7.62. The predicted octanol–water partition coefficient (Wildman–Crippen LogP) is 2.01. The van der Waals surface area contributed by atoms with Gasteiger partial charge in [-0.3, -0.25) is 0 Å². The monoisotopic (exact) mass is 304 g/mol. The molecule has 20 heavy (non-hydrogen) atoms. The molecule has 3 saturated heterocycles. The van der Waals surface area contributed by atoms with Gasteiger partial charge in [0.05, 0.1) is 0 Å². The molecule has 3 heterocycles. The zero-order valence-corrected chi connectivity index (χ0v) is 13.0. The molecule has 0 radical (unpaired) electrons. The fraction of sp³-hybridized carbons (Fsp3) is 1.00. The summed E-state index contributed by atoms with van der Waals surface area (Å²) in [6.45, 7) is 4.15. The van der Waals surface area contributed by atoms with Gasteiger partial charge in [-0.05, 0) is 38.5 Å². The first-order valence-corrected chi connectivity index (χ1v) is 9.84. The zero-order valence-electron chi connectivity index (χ0n) is 12.0. The SMILES string of the molecule is C[Si](OC1CCCO1)(OC1CCCO1)OC1CCCO1. The quantitative estimate of drug-likeness (QED) is 0.700. The molecule has 0 amide bonds. The van der Waals surface area contributed by atoms with Crippen molar-refractivity contribution in [1.82, 2.24) is 0 Å². The topological polar surface area (TPSA) is 55.4 Å². The fourth-order valence-electron chi connectivity index (χ4n) is 2.72. The molecule has 7 heteroatoms. The van der Waals surface area contributed by atoms with Crippen LogP contribution < -0.4 is 0 Å². The second kappa shape index (κ2) is 6.82.